The van der Waals surface area contributed by atoms with E-state index in [9.17, 15) is 4.79 Å². The first-order chi connectivity index (χ1) is 7.38. The van der Waals surface area contributed by atoms with Crippen molar-refractivity contribution in [2.75, 3.05) is 6.54 Å². The molecule has 1 radical (unpaired) electrons. The van der Waals surface area contributed by atoms with Gasteiger partial charge in [-0.1, -0.05) is 0 Å². The molecule has 0 atom stereocenters. The Labute approximate surface area is 95.8 Å². The van der Waals surface area contributed by atoms with Crippen molar-refractivity contribution in [2.24, 2.45) is 0 Å². The minimum absolute atomic E-state index is 0.412. The van der Waals surface area contributed by atoms with Gasteiger partial charge in [-0.05, 0) is 33.8 Å². The number of carbonyl (C=O) groups excluding carboxylic acids is 1. The normalized spacial score (nSPS) is 11.2. The zero-order valence-corrected chi connectivity index (χ0v) is 9.99. The lowest BCUT2D eigenvalue weighted by molar-refractivity contribution is 0.0525. The van der Waals surface area contributed by atoms with Crippen molar-refractivity contribution in [3.05, 3.63) is 24.9 Å². The van der Waals surface area contributed by atoms with E-state index in [-0.39, 0.29) is 0 Å². The molecule has 0 spiro atoms. The summed E-state index contributed by atoms with van der Waals surface area (Å²) in [6.07, 6.45) is 1.26. The van der Waals surface area contributed by atoms with Gasteiger partial charge in [0.25, 0.3) is 0 Å². The van der Waals surface area contributed by atoms with Crippen LogP contribution in [0.3, 0.4) is 0 Å². The summed E-state index contributed by atoms with van der Waals surface area (Å²) in [4.78, 5) is 11.3. The zero-order chi connectivity index (χ0) is 12.2. The van der Waals surface area contributed by atoms with Gasteiger partial charge < -0.3 is 10.1 Å². The molecule has 0 aliphatic rings. The Morgan fingerprint density at radius 2 is 2.31 bits per heavy atom. The second-order valence-corrected chi connectivity index (χ2v) is 4.47. The van der Waals surface area contributed by atoms with E-state index >= 15 is 0 Å². The van der Waals surface area contributed by atoms with Crippen LogP contribution in [0.4, 0.5) is 4.79 Å². The molecular weight excluding hydrogens is 206 g/mol. The van der Waals surface area contributed by atoms with Gasteiger partial charge in [0.05, 0.1) is 6.54 Å². The second kappa shape index (κ2) is 5.01. The first-order valence-electron chi connectivity index (χ1n) is 5.19. The van der Waals surface area contributed by atoms with Gasteiger partial charge in [0.15, 0.2) is 0 Å². The van der Waals surface area contributed by atoms with Crippen LogP contribution in [0.2, 0.25) is 0 Å². The van der Waals surface area contributed by atoms with E-state index < -0.39 is 11.7 Å². The first-order valence-corrected chi connectivity index (χ1v) is 5.19. The van der Waals surface area contributed by atoms with Crippen molar-refractivity contribution in [1.29, 1.82) is 0 Å². The number of ether oxygens (including phenoxy) is 1. The van der Waals surface area contributed by atoms with Crippen LogP contribution in [0.25, 0.3) is 0 Å². The van der Waals surface area contributed by atoms with E-state index in [4.69, 9.17) is 4.74 Å². The average Bonchev–Trinajstić information content (AvgIpc) is 2.48. The number of carbonyl (C=O) groups is 1. The van der Waals surface area contributed by atoms with Crippen LogP contribution in [-0.2, 0) is 11.3 Å². The van der Waals surface area contributed by atoms with Crippen LogP contribution < -0.4 is 5.32 Å². The van der Waals surface area contributed by atoms with Crippen molar-refractivity contribution in [3.63, 3.8) is 0 Å². The molecule has 0 saturated carbocycles. The molecule has 5 heteroatoms. The van der Waals surface area contributed by atoms with E-state index in [1.54, 1.807) is 10.9 Å². The Kier molecular flexibility index (Phi) is 3.93. The third-order valence-electron chi connectivity index (χ3n) is 1.80. The van der Waals surface area contributed by atoms with Crippen molar-refractivity contribution < 1.29 is 9.53 Å². The maximum absolute atomic E-state index is 11.3. The number of hydrogen-bond acceptors (Lipinski definition) is 3. The van der Waals surface area contributed by atoms with Crippen molar-refractivity contribution in [2.45, 2.75) is 32.9 Å². The van der Waals surface area contributed by atoms with Gasteiger partial charge in [0, 0.05) is 18.4 Å². The fourth-order valence-electron chi connectivity index (χ4n) is 1.14. The largest absolute Gasteiger partial charge is 0.444 e. The second-order valence-electron chi connectivity index (χ2n) is 4.47. The van der Waals surface area contributed by atoms with E-state index in [1.807, 2.05) is 26.8 Å². The van der Waals surface area contributed by atoms with Crippen molar-refractivity contribution in [3.8, 4) is 0 Å². The highest BCUT2D eigenvalue weighted by molar-refractivity contribution is 5.67. The summed E-state index contributed by atoms with van der Waals surface area (Å²) in [5.41, 5.74) is 0.360. The van der Waals surface area contributed by atoms with Gasteiger partial charge in [0.2, 0.25) is 0 Å². The fraction of sp³-hybridized carbons (Fsp3) is 0.545. The molecule has 1 aromatic heterocycles. The molecule has 1 aromatic rings. The molecule has 0 unspecified atom stereocenters. The van der Waals surface area contributed by atoms with Crippen LogP contribution >= 0.6 is 0 Å². The minimum atomic E-state index is -0.465. The smallest absolute Gasteiger partial charge is 0.407 e. The van der Waals surface area contributed by atoms with Crippen LogP contribution in [0, 0.1) is 6.92 Å². The summed E-state index contributed by atoms with van der Waals surface area (Å²) in [7, 11) is 0. The van der Waals surface area contributed by atoms with Gasteiger partial charge in [-0.15, -0.1) is 0 Å². The summed E-state index contributed by atoms with van der Waals surface area (Å²) in [5, 5.41) is 6.70. The highest BCUT2D eigenvalue weighted by Crippen LogP contribution is 2.06. The topological polar surface area (TPSA) is 56.2 Å². The van der Waals surface area contributed by atoms with Crippen LogP contribution in [0.5, 0.6) is 0 Å². The Bertz CT molecular complexity index is 352. The quantitative estimate of drug-likeness (QED) is 0.848. The van der Waals surface area contributed by atoms with Gasteiger partial charge in [-0.2, -0.15) is 5.10 Å². The van der Waals surface area contributed by atoms with Gasteiger partial charge >= 0.3 is 6.09 Å². The van der Waals surface area contributed by atoms with Gasteiger partial charge in [-0.25, -0.2) is 4.79 Å². The summed E-state index contributed by atoms with van der Waals surface area (Å²) in [6, 6.07) is 1.81. The molecule has 0 aliphatic carbocycles. The lowest BCUT2D eigenvalue weighted by Gasteiger charge is -2.19. The number of aromatic nitrogens is 2. The Morgan fingerprint density at radius 1 is 1.62 bits per heavy atom. The Morgan fingerprint density at radius 3 is 2.81 bits per heavy atom. The van der Waals surface area contributed by atoms with E-state index in [0.717, 1.165) is 5.69 Å². The van der Waals surface area contributed by atoms with E-state index in [1.165, 1.54) is 0 Å². The summed E-state index contributed by atoms with van der Waals surface area (Å²) in [6.45, 7) is 10.3. The SMILES string of the molecule is [CH2]c1ccnn1CCNC(=O)OC(C)(C)C. The van der Waals surface area contributed by atoms with Crippen molar-refractivity contribution in [1.82, 2.24) is 15.1 Å². The molecule has 1 rings (SSSR count). The Hall–Kier alpha value is -1.52. The molecule has 1 N–H and O–H groups in total. The minimum Gasteiger partial charge on any atom is -0.444 e. The van der Waals surface area contributed by atoms with Gasteiger partial charge in [-0.3, -0.25) is 4.68 Å². The number of nitrogens with one attached hydrogen (secondary N) is 1. The number of amides is 1. The average molecular weight is 224 g/mol. The maximum Gasteiger partial charge on any atom is 0.407 e. The van der Waals surface area contributed by atoms with E-state index in [0.29, 0.717) is 13.1 Å². The fourth-order valence-corrected chi connectivity index (χ4v) is 1.14. The molecule has 0 fully saturated rings. The monoisotopic (exact) mass is 224 g/mol. The summed E-state index contributed by atoms with van der Waals surface area (Å²) in [5.74, 6) is 0. The Balaban J connectivity index is 2.26. The van der Waals surface area contributed by atoms with Crippen LogP contribution in [0.15, 0.2) is 12.3 Å². The lowest BCUT2D eigenvalue weighted by Crippen LogP contribution is -2.34. The molecule has 89 valence electrons. The van der Waals surface area contributed by atoms with Crippen molar-refractivity contribution >= 4 is 6.09 Å². The van der Waals surface area contributed by atoms with Gasteiger partial charge in [0.1, 0.15) is 5.60 Å². The lowest BCUT2D eigenvalue weighted by atomic mass is 10.2. The summed E-state index contributed by atoms with van der Waals surface area (Å²) >= 11 is 0. The third-order valence-corrected chi connectivity index (χ3v) is 1.80. The van der Waals surface area contributed by atoms with E-state index in [2.05, 4.69) is 17.3 Å². The third kappa shape index (κ3) is 4.33. The standard InChI is InChI=1S/C11H18N3O2/c1-9-5-6-13-14(9)8-7-12-10(15)16-11(2,3)4/h5-6H,1,7-8H2,2-4H3,(H,12,15). The zero-order valence-electron chi connectivity index (χ0n) is 9.99. The molecule has 0 aliphatic heterocycles. The van der Waals surface area contributed by atoms with Crippen LogP contribution in [0.1, 0.15) is 26.5 Å². The molecule has 5 nitrogen and oxygen atoms in total. The first kappa shape index (κ1) is 12.5. The maximum atomic E-state index is 11.3. The molecule has 1 heterocycles. The molecule has 0 bridgehead atoms. The predicted molar refractivity (Wildman–Crippen MR) is 60.9 cm³/mol. The summed E-state index contributed by atoms with van der Waals surface area (Å²) < 4.78 is 6.81. The number of rotatable bonds is 3. The number of nitrogens with zero attached hydrogens (tertiary/aromatic N) is 2. The molecule has 1 amide bonds. The molecular formula is C11H18N3O2. The van der Waals surface area contributed by atoms with Crippen LogP contribution in [-0.4, -0.2) is 28.0 Å². The molecule has 16 heavy (non-hydrogen) atoms. The predicted octanol–water partition coefficient (Wildman–Crippen LogP) is 1.59. The highest BCUT2D eigenvalue weighted by Gasteiger charge is 2.15. The highest BCUT2D eigenvalue weighted by atomic mass is 16.6. The molecule has 0 saturated heterocycles. The number of hydrogen-bond donors (Lipinski definition) is 1. The molecule has 0 aromatic carbocycles. The number of alkyl carbamates (subject to hydrolysis) is 1.